The van der Waals surface area contributed by atoms with Crippen LogP contribution in [0.3, 0.4) is 0 Å². The Labute approximate surface area is 146 Å². The van der Waals surface area contributed by atoms with Gasteiger partial charge in [0, 0.05) is 6.07 Å². The van der Waals surface area contributed by atoms with E-state index in [1.165, 1.54) is 6.07 Å². The molecule has 0 saturated heterocycles. The monoisotopic (exact) mass is 358 g/mol. The molecule has 3 aromatic rings. The number of sulfonamides is 1. The molecule has 7 heteroatoms. The summed E-state index contributed by atoms with van der Waals surface area (Å²) in [6.45, 7) is 4.24. The first-order chi connectivity index (χ1) is 12.0. The van der Waals surface area contributed by atoms with Gasteiger partial charge in [-0.3, -0.25) is 4.72 Å². The largest absolute Gasteiger partial charge is 0.494 e. The van der Waals surface area contributed by atoms with Gasteiger partial charge in [0.25, 0.3) is 10.0 Å². The Morgan fingerprint density at radius 1 is 1.04 bits per heavy atom. The van der Waals surface area contributed by atoms with Gasteiger partial charge in [0.05, 0.1) is 11.5 Å². The Morgan fingerprint density at radius 3 is 2.16 bits per heavy atom. The standard InChI is InChI=1S/C18H18N2O4S/c1-3-23-16-8-4-14(5-9-16)15-6-10-17(11-7-15)25(21,22)20-18-12-13(2)24-19-18/h4-12H,3H2,1-2H3,(H,19,20). The first-order valence-corrected chi connectivity index (χ1v) is 9.26. The molecule has 25 heavy (non-hydrogen) atoms. The summed E-state index contributed by atoms with van der Waals surface area (Å²) < 4.78 is 37.4. The van der Waals surface area contributed by atoms with E-state index in [9.17, 15) is 8.42 Å². The van der Waals surface area contributed by atoms with Gasteiger partial charge in [-0.2, -0.15) is 0 Å². The van der Waals surface area contributed by atoms with Gasteiger partial charge < -0.3 is 9.26 Å². The summed E-state index contributed by atoms with van der Waals surface area (Å²) in [6.07, 6.45) is 0. The molecule has 0 saturated carbocycles. The van der Waals surface area contributed by atoms with E-state index < -0.39 is 10.0 Å². The lowest BCUT2D eigenvalue weighted by molar-refractivity contribution is 0.340. The lowest BCUT2D eigenvalue weighted by atomic mass is 10.1. The van der Waals surface area contributed by atoms with Crippen LogP contribution in [-0.2, 0) is 10.0 Å². The highest BCUT2D eigenvalue weighted by Gasteiger charge is 2.16. The molecule has 1 heterocycles. The number of rotatable bonds is 6. The van der Waals surface area contributed by atoms with E-state index in [1.807, 2.05) is 31.2 Å². The SMILES string of the molecule is CCOc1ccc(-c2ccc(S(=O)(=O)Nc3cc(C)on3)cc2)cc1. The third kappa shape index (κ3) is 4.00. The maximum atomic E-state index is 12.4. The van der Waals surface area contributed by atoms with Crippen molar-refractivity contribution in [3.05, 3.63) is 60.4 Å². The molecule has 2 aromatic carbocycles. The minimum Gasteiger partial charge on any atom is -0.494 e. The van der Waals surface area contributed by atoms with Crippen LogP contribution in [-0.4, -0.2) is 20.2 Å². The number of ether oxygens (including phenoxy) is 1. The quantitative estimate of drug-likeness (QED) is 0.724. The van der Waals surface area contributed by atoms with Crippen LogP contribution in [0, 0.1) is 6.92 Å². The van der Waals surface area contributed by atoms with Crippen molar-refractivity contribution in [3.63, 3.8) is 0 Å². The normalized spacial score (nSPS) is 11.3. The predicted molar refractivity (Wildman–Crippen MR) is 95.1 cm³/mol. The highest BCUT2D eigenvalue weighted by Crippen LogP contribution is 2.24. The van der Waals surface area contributed by atoms with Gasteiger partial charge >= 0.3 is 0 Å². The lowest BCUT2D eigenvalue weighted by Crippen LogP contribution is -2.13. The first kappa shape index (κ1) is 17.0. The number of aromatic nitrogens is 1. The number of nitrogens with one attached hydrogen (secondary N) is 1. The molecule has 1 aromatic heterocycles. The molecule has 0 aliphatic rings. The summed E-state index contributed by atoms with van der Waals surface area (Å²) in [6, 6.07) is 15.8. The molecule has 130 valence electrons. The zero-order valence-electron chi connectivity index (χ0n) is 13.9. The lowest BCUT2D eigenvalue weighted by Gasteiger charge is -2.08. The van der Waals surface area contributed by atoms with E-state index in [2.05, 4.69) is 9.88 Å². The summed E-state index contributed by atoms with van der Waals surface area (Å²) in [4.78, 5) is 0.155. The van der Waals surface area contributed by atoms with Crippen LogP contribution in [0.5, 0.6) is 5.75 Å². The average Bonchev–Trinajstić information content (AvgIpc) is 3.00. The predicted octanol–water partition coefficient (Wildman–Crippen LogP) is 3.85. The minimum absolute atomic E-state index is 0.155. The zero-order valence-corrected chi connectivity index (χ0v) is 14.7. The van der Waals surface area contributed by atoms with Gasteiger partial charge in [-0.15, -0.1) is 0 Å². The van der Waals surface area contributed by atoms with E-state index in [1.54, 1.807) is 31.2 Å². The Hall–Kier alpha value is -2.80. The summed E-state index contributed by atoms with van der Waals surface area (Å²) in [5, 5.41) is 3.64. The Morgan fingerprint density at radius 2 is 1.64 bits per heavy atom. The van der Waals surface area contributed by atoms with Gasteiger partial charge in [0.2, 0.25) is 0 Å². The molecule has 0 unspecified atom stereocenters. The summed E-state index contributed by atoms with van der Waals surface area (Å²) in [7, 11) is -3.71. The van der Waals surface area contributed by atoms with Gasteiger partial charge in [-0.05, 0) is 49.2 Å². The smallest absolute Gasteiger partial charge is 0.263 e. The molecule has 0 aliphatic heterocycles. The van der Waals surface area contributed by atoms with Crippen molar-refractivity contribution < 1.29 is 17.7 Å². The van der Waals surface area contributed by atoms with Crippen LogP contribution in [0.1, 0.15) is 12.7 Å². The Kier molecular flexibility index (Phi) is 4.76. The summed E-state index contributed by atoms with van der Waals surface area (Å²) >= 11 is 0. The molecule has 0 amide bonds. The average molecular weight is 358 g/mol. The van der Waals surface area contributed by atoms with Crippen molar-refractivity contribution in [2.45, 2.75) is 18.7 Å². The minimum atomic E-state index is -3.71. The summed E-state index contributed by atoms with van der Waals surface area (Å²) in [5.74, 6) is 1.49. The van der Waals surface area contributed by atoms with Crippen LogP contribution < -0.4 is 9.46 Å². The molecule has 0 atom stereocenters. The number of benzene rings is 2. The topological polar surface area (TPSA) is 81.4 Å². The molecule has 3 rings (SSSR count). The third-order valence-electron chi connectivity index (χ3n) is 3.53. The van der Waals surface area contributed by atoms with Crippen LogP contribution in [0.2, 0.25) is 0 Å². The highest BCUT2D eigenvalue weighted by atomic mass is 32.2. The fourth-order valence-electron chi connectivity index (χ4n) is 2.35. The first-order valence-electron chi connectivity index (χ1n) is 7.77. The third-order valence-corrected chi connectivity index (χ3v) is 4.90. The molecule has 0 radical (unpaired) electrons. The van der Waals surface area contributed by atoms with Gasteiger partial charge in [-0.1, -0.05) is 29.4 Å². The Balaban J connectivity index is 1.79. The van der Waals surface area contributed by atoms with E-state index in [0.29, 0.717) is 12.4 Å². The molecule has 1 N–H and O–H groups in total. The second kappa shape index (κ2) is 6.98. The van der Waals surface area contributed by atoms with Gasteiger partial charge in [0.1, 0.15) is 11.5 Å². The number of nitrogens with zero attached hydrogens (tertiary/aromatic N) is 1. The number of hydrogen-bond donors (Lipinski definition) is 1. The van der Waals surface area contributed by atoms with Gasteiger partial charge in [0.15, 0.2) is 5.82 Å². The fourth-order valence-corrected chi connectivity index (χ4v) is 3.33. The maximum Gasteiger partial charge on any atom is 0.263 e. The van der Waals surface area contributed by atoms with Crippen molar-refractivity contribution in [3.8, 4) is 16.9 Å². The fraction of sp³-hybridized carbons (Fsp3) is 0.167. The van der Waals surface area contributed by atoms with Crippen LogP contribution in [0.4, 0.5) is 5.82 Å². The molecular weight excluding hydrogens is 340 g/mol. The Bertz CT molecular complexity index is 946. The van der Waals surface area contributed by atoms with Crippen LogP contribution >= 0.6 is 0 Å². The second-order valence-corrected chi connectivity index (χ2v) is 7.09. The van der Waals surface area contributed by atoms with E-state index in [-0.39, 0.29) is 10.7 Å². The molecule has 0 bridgehead atoms. The van der Waals surface area contributed by atoms with E-state index >= 15 is 0 Å². The second-order valence-electron chi connectivity index (χ2n) is 5.41. The van der Waals surface area contributed by atoms with Crippen molar-refractivity contribution in [2.24, 2.45) is 0 Å². The molecule has 0 fully saturated rings. The van der Waals surface area contributed by atoms with Crippen molar-refractivity contribution in [1.82, 2.24) is 5.16 Å². The number of hydrogen-bond acceptors (Lipinski definition) is 5. The number of anilines is 1. The molecular formula is C18H18N2O4S. The summed E-state index contributed by atoms with van der Waals surface area (Å²) in [5.41, 5.74) is 1.90. The van der Waals surface area contributed by atoms with Crippen molar-refractivity contribution >= 4 is 15.8 Å². The van der Waals surface area contributed by atoms with Gasteiger partial charge in [-0.25, -0.2) is 8.42 Å². The van der Waals surface area contributed by atoms with Crippen molar-refractivity contribution in [1.29, 1.82) is 0 Å². The number of aryl methyl sites for hydroxylation is 1. The van der Waals surface area contributed by atoms with Crippen LogP contribution in [0.25, 0.3) is 11.1 Å². The highest BCUT2D eigenvalue weighted by molar-refractivity contribution is 7.92. The zero-order chi connectivity index (χ0) is 17.9. The van der Waals surface area contributed by atoms with E-state index in [0.717, 1.165) is 16.9 Å². The molecule has 6 nitrogen and oxygen atoms in total. The van der Waals surface area contributed by atoms with Crippen molar-refractivity contribution in [2.75, 3.05) is 11.3 Å². The van der Waals surface area contributed by atoms with E-state index in [4.69, 9.17) is 9.26 Å². The van der Waals surface area contributed by atoms with Crippen LogP contribution in [0.15, 0.2) is 64.0 Å². The molecule has 0 spiro atoms. The molecule has 0 aliphatic carbocycles. The maximum absolute atomic E-state index is 12.4.